The van der Waals surface area contributed by atoms with Crippen LogP contribution >= 0.6 is 0 Å². The summed E-state index contributed by atoms with van der Waals surface area (Å²) in [6, 6.07) is 1.06. The zero-order chi connectivity index (χ0) is 38.7. The molecule has 0 saturated carbocycles. The van der Waals surface area contributed by atoms with Crippen LogP contribution in [0.1, 0.15) is 86.3 Å². The maximum Gasteiger partial charge on any atom is 0.425 e. The number of aliphatic hydroxyl groups is 4. The predicted molar refractivity (Wildman–Crippen MR) is 179 cm³/mol. The van der Waals surface area contributed by atoms with Gasteiger partial charge < -0.3 is 39.4 Å². The molecule has 2 aliphatic rings. The lowest BCUT2D eigenvalue weighted by molar-refractivity contribution is -0.0340. The van der Waals surface area contributed by atoms with E-state index in [-0.39, 0.29) is 31.6 Å². The van der Waals surface area contributed by atoms with Gasteiger partial charge in [0.05, 0.1) is 24.4 Å². The molecule has 0 radical (unpaired) electrons. The lowest BCUT2D eigenvalue weighted by atomic mass is 10.0. The van der Waals surface area contributed by atoms with Gasteiger partial charge in [0.15, 0.2) is 0 Å². The lowest BCUT2D eigenvalue weighted by Crippen LogP contribution is -2.47. The fourth-order valence-electron chi connectivity index (χ4n) is 5.66. The number of hydrogen-bond donors (Lipinski definition) is 4. The van der Waals surface area contributed by atoms with E-state index in [1.807, 2.05) is 0 Å². The number of ether oxygens (including phenoxy) is 4. The molecule has 0 aliphatic carbocycles. The van der Waals surface area contributed by atoms with Gasteiger partial charge in [-0.3, -0.25) is 18.7 Å². The van der Waals surface area contributed by atoms with E-state index >= 15 is 0 Å². The van der Waals surface area contributed by atoms with Crippen LogP contribution < -0.4 is 22.5 Å². The van der Waals surface area contributed by atoms with Crippen molar-refractivity contribution in [2.24, 2.45) is 11.8 Å². The third-order valence-electron chi connectivity index (χ3n) is 8.19. The molecule has 4 N–H and O–H groups in total. The average Bonchev–Trinajstić information content (AvgIpc) is 3.43. The molecule has 2 fully saturated rings. The van der Waals surface area contributed by atoms with E-state index in [0.29, 0.717) is 9.13 Å². The third-order valence-corrected chi connectivity index (χ3v) is 8.19. The summed E-state index contributed by atoms with van der Waals surface area (Å²) in [5.74, 6) is -0.952. The molecule has 4 rings (SSSR count). The van der Waals surface area contributed by atoms with Crippen molar-refractivity contribution in [3.8, 4) is 0 Å². The second-order valence-electron chi connectivity index (χ2n) is 14.6. The van der Waals surface area contributed by atoms with E-state index in [2.05, 4.69) is 0 Å². The summed E-state index contributed by atoms with van der Waals surface area (Å²) in [5, 5.41) is 38.6. The highest BCUT2D eigenvalue weighted by Crippen LogP contribution is 2.36. The number of rotatable bonds is 6. The number of carbonyl (C=O) groups is 2. The molecule has 0 spiro atoms. The van der Waals surface area contributed by atoms with Gasteiger partial charge in [-0.1, -0.05) is 13.8 Å². The van der Waals surface area contributed by atoms with Crippen LogP contribution in [0.5, 0.6) is 0 Å². The Hall–Kier alpha value is -3.94. The smallest absolute Gasteiger partial charge is 0.425 e. The SMILES string of the molecule is CC1[C@@H](O)[C@@H](CCO)O[C@H]1n1ccc(=O)n(C(=O)OC(C)(C)C)c1=O.Cc1cn([C@@H]2O[C@H](CCO)[C@H](O)C2C)c(=O)n(C(=O)OC(C)(C)C)c1=O. The predicted octanol–water partition coefficient (Wildman–Crippen LogP) is 0.448. The first kappa shape index (κ1) is 41.5. The molecule has 18 nitrogen and oxygen atoms in total. The van der Waals surface area contributed by atoms with Crippen LogP contribution in [0.3, 0.4) is 0 Å². The van der Waals surface area contributed by atoms with E-state index in [1.54, 1.807) is 55.4 Å². The first-order valence-corrected chi connectivity index (χ1v) is 16.6. The Morgan fingerprint density at radius 3 is 1.59 bits per heavy atom. The molecule has 8 atom stereocenters. The van der Waals surface area contributed by atoms with Crippen molar-refractivity contribution in [1.82, 2.24) is 18.3 Å². The highest BCUT2D eigenvalue weighted by molar-refractivity contribution is 5.71. The number of aliphatic hydroxyl groups excluding tert-OH is 4. The molecule has 0 amide bonds. The quantitative estimate of drug-likeness (QED) is 0.316. The molecule has 2 unspecified atom stereocenters. The van der Waals surface area contributed by atoms with E-state index in [4.69, 9.17) is 29.2 Å². The van der Waals surface area contributed by atoms with Gasteiger partial charge in [-0.2, -0.15) is 9.13 Å². The monoisotopic (exact) mass is 726 g/mol. The second kappa shape index (κ2) is 16.2. The standard InChI is InChI=1S/C17H26N2O7.C16H24N2O7/c1-9-8-18(14-10(2)12(21)11(25-14)6-7-20)15(23)19(13(9)22)16(24)26-17(3,4)5;1-9-12(21)10(6-8-19)24-13(9)17-7-5-11(20)18(14(17)22)15(23)25-16(2,3)4/h8,10-12,14,20-21H,6-7H2,1-5H3;5,7,9-10,12-13,19,21H,6,8H2,1-4H3/t10?,11-,12-,14-;9?,10-,12-,13-/m11/s1. The Labute approximate surface area is 293 Å². The molecule has 0 bridgehead atoms. The maximum atomic E-state index is 12.8. The highest BCUT2D eigenvalue weighted by Gasteiger charge is 2.43. The van der Waals surface area contributed by atoms with Crippen LogP contribution in [0.4, 0.5) is 9.59 Å². The molecule has 4 heterocycles. The maximum absolute atomic E-state index is 12.8. The topological polar surface area (TPSA) is 240 Å². The normalized spacial score (nSPS) is 26.4. The molecular weight excluding hydrogens is 676 g/mol. The summed E-state index contributed by atoms with van der Waals surface area (Å²) < 4.78 is 24.6. The largest absolute Gasteiger partial charge is 0.443 e. The van der Waals surface area contributed by atoms with Crippen molar-refractivity contribution in [2.45, 2.75) is 123 Å². The summed E-state index contributed by atoms with van der Waals surface area (Å²) in [7, 11) is 0. The molecule has 2 aromatic rings. The summed E-state index contributed by atoms with van der Waals surface area (Å²) in [6.07, 6.45) is -3.99. The highest BCUT2D eigenvalue weighted by atomic mass is 16.6. The minimum atomic E-state index is -1.07. The number of nitrogens with zero attached hydrogens (tertiary/aromatic N) is 4. The molecule has 18 heteroatoms. The molecular formula is C33H50N4O14. The van der Waals surface area contributed by atoms with Crippen LogP contribution in [0.15, 0.2) is 37.6 Å². The van der Waals surface area contributed by atoms with Crippen LogP contribution in [0, 0.1) is 18.8 Å². The molecule has 0 aromatic carbocycles. The molecule has 51 heavy (non-hydrogen) atoms. The number of aryl methyl sites for hydroxylation is 1. The Balaban J connectivity index is 0.000000276. The van der Waals surface area contributed by atoms with E-state index in [0.717, 1.165) is 15.2 Å². The Kier molecular flexibility index (Phi) is 13.1. The fraction of sp³-hybridized carbons (Fsp3) is 0.697. The minimum absolute atomic E-state index is 0.159. The second-order valence-corrected chi connectivity index (χ2v) is 14.6. The van der Waals surface area contributed by atoms with Gasteiger partial charge in [-0.15, -0.1) is 0 Å². The first-order valence-electron chi connectivity index (χ1n) is 16.6. The van der Waals surface area contributed by atoms with E-state index in [9.17, 15) is 39.0 Å². The van der Waals surface area contributed by atoms with Crippen molar-refractivity contribution >= 4 is 12.2 Å². The van der Waals surface area contributed by atoms with Crippen molar-refractivity contribution < 1.29 is 49.0 Å². The zero-order valence-electron chi connectivity index (χ0n) is 30.3. The fourth-order valence-corrected chi connectivity index (χ4v) is 5.66. The van der Waals surface area contributed by atoms with Crippen molar-refractivity contribution in [3.63, 3.8) is 0 Å². The number of aromatic nitrogens is 4. The van der Waals surface area contributed by atoms with Crippen LogP contribution in [0.2, 0.25) is 0 Å². The van der Waals surface area contributed by atoms with Gasteiger partial charge in [-0.05, 0) is 61.3 Å². The van der Waals surface area contributed by atoms with Crippen molar-refractivity contribution in [2.75, 3.05) is 13.2 Å². The molecule has 2 aromatic heterocycles. The van der Waals surface area contributed by atoms with E-state index in [1.165, 1.54) is 19.3 Å². The summed E-state index contributed by atoms with van der Waals surface area (Å²) in [4.78, 5) is 74.2. The van der Waals surface area contributed by atoms with E-state index < -0.39 is 94.6 Å². The molecule has 286 valence electrons. The summed E-state index contributed by atoms with van der Waals surface area (Å²) >= 11 is 0. The van der Waals surface area contributed by atoms with Gasteiger partial charge in [0.25, 0.3) is 11.1 Å². The van der Waals surface area contributed by atoms with Crippen molar-refractivity contribution in [3.05, 3.63) is 65.7 Å². The molecule has 2 aliphatic heterocycles. The van der Waals surface area contributed by atoms with Gasteiger partial charge >= 0.3 is 23.6 Å². The summed E-state index contributed by atoms with van der Waals surface area (Å²) in [5.41, 5.74) is -4.97. The number of carbonyl (C=O) groups excluding carboxylic acids is 2. The molecule has 2 saturated heterocycles. The summed E-state index contributed by atoms with van der Waals surface area (Å²) in [6.45, 7) is 14.2. The lowest BCUT2D eigenvalue weighted by Gasteiger charge is -2.22. The average molecular weight is 727 g/mol. The zero-order valence-corrected chi connectivity index (χ0v) is 30.3. The van der Waals surface area contributed by atoms with Crippen LogP contribution in [0.25, 0.3) is 0 Å². The Bertz CT molecular complexity index is 1800. The minimum Gasteiger partial charge on any atom is -0.443 e. The van der Waals surface area contributed by atoms with Gasteiger partial charge in [0.2, 0.25) is 0 Å². The first-order chi connectivity index (χ1) is 23.5. The van der Waals surface area contributed by atoms with Gasteiger partial charge in [-0.25, -0.2) is 19.2 Å². The Morgan fingerprint density at radius 2 is 1.16 bits per heavy atom. The van der Waals surface area contributed by atoms with Crippen molar-refractivity contribution in [1.29, 1.82) is 0 Å². The Morgan fingerprint density at radius 1 is 0.745 bits per heavy atom. The van der Waals surface area contributed by atoms with Crippen LogP contribution in [-0.4, -0.2) is 99.7 Å². The van der Waals surface area contributed by atoms with Gasteiger partial charge in [0.1, 0.15) is 23.7 Å². The van der Waals surface area contributed by atoms with Crippen LogP contribution in [-0.2, 0) is 18.9 Å². The third kappa shape index (κ3) is 9.49. The van der Waals surface area contributed by atoms with Gasteiger partial charge in [0, 0.05) is 49.1 Å². The number of hydrogen-bond acceptors (Lipinski definition) is 14.